The van der Waals surface area contributed by atoms with Crippen molar-refractivity contribution in [2.75, 3.05) is 12.4 Å². The number of carbonyl (C=O) groups excluding carboxylic acids is 1. The van der Waals surface area contributed by atoms with Crippen LogP contribution < -0.4 is 0 Å². The second-order valence-electron chi connectivity index (χ2n) is 5.81. The molecule has 2 fully saturated rings. The fourth-order valence-electron chi connectivity index (χ4n) is 2.38. The van der Waals surface area contributed by atoms with Crippen LogP contribution in [0.1, 0.15) is 34.6 Å². The van der Waals surface area contributed by atoms with Gasteiger partial charge in [-0.1, -0.05) is 11.8 Å². The molecule has 0 spiro atoms. The van der Waals surface area contributed by atoms with Crippen LogP contribution in [-0.2, 0) is 23.7 Å². The summed E-state index contributed by atoms with van der Waals surface area (Å²) < 4.78 is 23.2. The van der Waals surface area contributed by atoms with Crippen LogP contribution in [-0.4, -0.2) is 47.4 Å². The van der Waals surface area contributed by atoms with Crippen molar-refractivity contribution in [1.82, 2.24) is 0 Å². The minimum atomic E-state index is -0.650. The molecule has 0 saturated carbocycles. The van der Waals surface area contributed by atoms with Crippen molar-refractivity contribution >= 4 is 16.9 Å². The Kier molecular flexibility index (Phi) is 4.28. The highest BCUT2D eigenvalue weighted by atomic mass is 32.2. The molecule has 0 amide bonds. The third-order valence-electron chi connectivity index (χ3n) is 3.07. The molecule has 2 heterocycles. The Bertz CT molecular complexity index is 355. The Balaban J connectivity index is 2.02. The second-order valence-corrected chi connectivity index (χ2v) is 7.01. The van der Waals surface area contributed by atoms with Gasteiger partial charge in [-0.15, -0.1) is 0 Å². The largest absolute Gasteiger partial charge is 0.348 e. The van der Waals surface area contributed by atoms with E-state index in [0.717, 1.165) is 0 Å². The summed E-state index contributed by atoms with van der Waals surface area (Å²) in [6, 6.07) is 0. The summed E-state index contributed by atoms with van der Waals surface area (Å²) in [5.74, 6) is -0.661. The van der Waals surface area contributed by atoms with Crippen LogP contribution in [0.3, 0.4) is 0 Å². The van der Waals surface area contributed by atoms with Crippen molar-refractivity contribution < 1.29 is 23.7 Å². The van der Waals surface area contributed by atoms with Crippen molar-refractivity contribution in [3.05, 3.63) is 0 Å². The van der Waals surface area contributed by atoms with E-state index in [-0.39, 0.29) is 23.4 Å². The lowest BCUT2D eigenvalue weighted by atomic mass is 10.1. The van der Waals surface area contributed by atoms with Gasteiger partial charge in [-0.3, -0.25) is 4.79 Å². The van der Waals surface area contributed by atoms with Crippen LogP contribution in [0.2, 0.25) is 0 Å². The van der Waals surface area contributed by atoms with E-state index in [1.807, 2.05) is 27.7 Å². The highest BCUT2D eigenvalue weighted by Crippen LogP contribution is 2.36. The van der Waals surface area contributed by atoms with Crippen molar-refractivity contribution in [1.29, 1.82) is 0 Å². The quantitative estimate of drug-likeness (QED) is 0.792. The minimum Gasteiger partial charge on any atom is -0.348 e. The van der Waals surface area contributed by atoms with Gasteiger partial charge < -0.3 is 18.9 Å². The molecule has 0 bridgehead atoms. The normalized spacial score (nSPS) is 36.6. The van der Waals surface area contributed by atoms with E-state index in [9.17, 15) is 4.79 Å². The summed E-state index contributed by atoms with van der Waals surface area (Å²) in [4.78, 5) is 11.1. The fraction of sp³-hybridized carbons (Fsp3) is 0.923. The summed E-state index contributed by atoms with van der Waals surface area (Å²) in [7, 11) is 0. The average molecular weight is 290 g/mol. The molecule has 0 aliphatic carbocycles. The van der Waals surface area contributed by atoms with Gasteiger partial charge >= 0.3 is 0 Å². The van der Waals surface area contributed by atoms with Gasteiger partial charge in [0.05, 0.1) is 12.7 Å². The molecule has 0 radical (unpaired) electrons. The molecule has 0 unspecified atom stereocenters. The Hall–Kier alpha value is -0.140. The Morgan fingerprint density at radius 2 is 1.84 bits per heavy atom. The summed E-state index contributed by atoms with van der Waals surface area (Å²) in [5.41, 5.74) is 0. The van der Waals surface area contributed by atoms with Gasteiger partial charge in [-0.25, -0.2) is 0 Å². The molecule has 2 aliphatic heterocycles. The minimum absolute atomic E-state index is 0.0796. The highest BCUT2D eigenvalue weighted by molar-refractivity contribution is 8.13. The zero-order valence-electron chi connectivity index (χ0n) is 12.1. The molecule has 6 heteroatoms. The summed E-state index contributed by atoms with van der Waals surface area (Å²) in [6.07, 6.45) is -0.524. The molecule has 0 aromatic carbocycles. The van der Waals surface area contributed by atoms with Crippen LogP contribution in [0, 0.1) is 0 Å². The van der Waals surface area contributed by atoms with Gasteiger partial charge in [-0.05, 0) is 27.7 Å². The van der Waals surface area contributed by atoms with Gasteiger partial charge in [-0.2, -0.15) is 0 Å². The molecule has 3 atom stereocenters. The van der Waals surface area contributed by atoms with E-state index in [1.165, 1.54) is 11.8 Å². The molecule has 0 N–H and O–H groups in total. The molecule has 19 heavy (non-hydrogen) atoms. The topological polar surface area (TPSA) is 54.0 Å². The average Bonchev–Trinajstić information content (AvgIpc) is 2.75. The molecule has 2 aliphatic rings. The van der Waals surface area contributed by atoms with Crippen molar-refractivity contribution in [3.63, 3.8) is 0 Å². The monoisotopic (exact) mass is 290 g/mol. The van der Waals surface area contributed by atoms with E-state index < -0.39 is 11.6 Å². The van der Waals surface area contributed by atoms with Gasteiger partial charge in [0.2, 0.25) is 0 Å². The first-order valence-corrected chi connectivity index (χ1v) is 7.48. The second kappa shape index (κ2) is 5.33. The number of hydrogen-bond acceptors (Lipinski definition) is 6. The van der Waals surface area contributed by atoms with Crippen molar-refractivity contribution in [2.45, 2.75) is 64.5 Å². The first-order valence-electron chi connectivity index (χ1n) is 6.49. The maximum Gasteiger partial charge on any atom is 0.185 e. The van der Waals surface area contributed by atoms with Gasteiger partial charge in [0.1, 0.15) is 12.2 Å². The van der Waals surface area contributed by atoms with Crippen LogP contribution in [0.4, 0.5) is 0 Å². The number of thioether (sulfide) groups is 1. The zero-order valence-corrected chi connectivity index (χ0v) is 12.9. The lowest BCUT2D eigenvalue weighted by Crippen LogP contribution is -2.39. The molecular formula is C13H22O5S. The predicted octanol–water partition coefficient (Wildman–Crippen LogP) is 1.94. The first kappa shape index (κ1) is 15.3. The van der Waals surface area contributed by atoms with Crippen molar-refractivity contribution in [3.8, 4) is 0 Å². The highest BCUT2D eigenvalue weighted by Gasteiger charge is 2.49. The molecule has 110 valence electrons. The third kappa shape index (κ3) is 3.92. The van der Waals surface area contributed by atoms with Crippen molar-refractivity contribution in [2.24, 2.45) is 0 Å². The lowest BCUT2D eigenvalue weighted by molar-refractivity contribution is -0.174. The van der Waals surface area contributed by atoms with Crippen LogP contribution in [0.15, 0.2) is 0 Å². The molecule has 0 aromatic heterocycles. The zero-order chi connectivity index (χ0) is 14.3. The van der Waals surface area contributed by atoms with E-state index >= 15 is 0 Å². The number of rotatable bonds is 3. The Morgan fingerprint density at radius 3 is 2.37 bits per heavy atom. The SMILES string of the molecule is CC(=O)SC[C@@H]1OC(C)(C)O[C@@H]1[C@H]1COC(C)(C)O1. The number of carbonyl (C=O) groups is 1. The standard InChI is InChI=1S/C13H22O5S/c1-8(14)19-7-10-11(18-13(4,5)17-10)9-6-15-12(2,3)16-9/h9-11H,6-7H2,1-5H3/t9-,10+,11-/m1/s1. The van der Waals surface area contributed by atoms with E-state index in [2.05, 4.69) is 0 Å². The summed E-state index contributed by atoms with van der Waals surface area (Å²) >= 11 is 1.25. The maximum absolute atomic E-state index is 11.1. The van der Waals surface area contributed by atoms with E-state index in [4.69, 9.17) is 18.9 Å². The van der Waals surface area contributed by atoms with Gasteiger partial charge in [0.15, 0.2) is 16.7 Å². The van der Waals surface area contributed by atoms with E-state index in [0.29, 0.717) is 12.4 Å². The van der Waals surface area contributed by atoms with Crippen LogP contribution in [0.25, 0.3) is 0 Å². The lowest BCUT2D eigenvalue weighted by Gasteiger charge is -2.23. The maximum atomic E-state index is 11.1. The predicted molar refractivity (Wildman–Crippen MR) is 71.9 cm³/mol. The van der Waals surface area contributed by atoms with Gasteiger partial charge in [0, 0.05) is 12.7 Å². The smallest absolute Gasteiger partial charge is 0.185 e. The molecule has 5 nitrogen and oxygen atoms in total. The van der Waals surface area contributed by atoms with Gasteiger partial charge in [0.25, 0.3) is 0 Å². The first-order chi connectivity index (χ1) is 8.69. The molecule has 2 saturated heterocycles. The molecule has 0 aromatic rings. The van der Waals surface area contributed by atoms with Crippen LogP contribution in [0.5, 0.6) is 0 Å². The number of ether oxygens (including phenoxy) is 4. The Labute approximate surface area is 118 Å². The van der Waals surface area contributed by atoms with E-state index in [1.54, 1.807) is 6.92 Å². The fourth-order valence-corrected chi connectivity index (χ4v) is 3.04. The summed E-state index contributed by atoms with van der Waals surface area (Å²) in [6.45, 7) is 9.55. The molecule has 2 rings (SSSR count). The molecular weight excluding hydrogens is 268 g/mol. The third-order valence-corrected chi connectivity index (χ3v) is 3.97. The number of hydrogen-bond donors (Lipinski definition) is 0. The van der Waals surface area contributed by atoms with Crippen LogP contribution >= 0.6 is 11.8 Å². The Morgan fingerprint density at radius 1 is 1.16 bits per heavy atom. The summed E-state index contributed by atoms with van der Waals surface area (Å²) in [5, 5.41) is 0.0796.